The van der Waals surface area contributed by atoms with Gasteiger partial charge in [0.25, 0.3) is 0 Å². The van der Waals surface area contributed by atoms with E-state index in [9.17, 15) is 9.59 Å². The van der Waals surface area contributed by atoms with Crippen LogP contribution in [0.25, 0.3) is 44.1 Å². The summed E-state index contributed by atoms with van der Waals surface area (Å²) >= 11 is 0. The van der Waals surface area contributed by atoms with E-state index >= 15 is 0 Å². The predicted octanol–water partition coefficient (Wildman–Crippen LogP) is 4.53. The molecular weight excluding hydrogens is 685 g/mol. The number of hydrogen-bond donors (Lipinski definition) is 6. The molecule has 16 heteroatoms. The van der Waals surface area contributed by atoms with E-state index in [-0.39, 0.29) is 35.5 Å². The molecule has 16 nitrogen and oxygen atoms in total. The molecule has 0 unspecified atom stereocenters. The lowest BCUT2D eigenvalue weighted by atomic mass is 10.0. The highest BCUT2D eigenvalue weighted by Gasteiger charge is 2.44. The number of nitrogens with two attached hydrogens (primary N) is 4. The number of nitrogens with one attached hydrogen (secondary N) is 2. The van der Waals surface area contributed by atoms with E-state index in [0.29, 0.717) is 69.6 Å². The molecule has 10 N–H and O–H groups in total. The molecule has 0 saturated heterocycles. The van der Waals surface area contributed by atoms with E-state index in [4.69, 9.17) is 33.5 Å². The highest BCUT2D eigenvalue weighted by Crippen LogP contribution is 2.40. The summed E-state index contributed by atoms with van der Waals surface area (Å²) in [4.78, 5) is 49.9. The Morgan fingerprint density at radius 2 is 1.06 bits per heavy atom. The van der Waals surface area contributed by atoms with Gasteiger partial charge in [0.2, 0.25) is 11.8 Å². The van der Waals surface area contributed by atoms with Gasteiger partial charge in [-0.05, 0) is 72.9 Å². The van der Waals surface area contributed by atoms with Gasteiger partial charge in [0.15, 0.2) is 0 Å². The van der Waals surface area contributed by atoms with Crippen molar-refractivity contribution in [2.75, 3.05) is 33.6 Å². The molecule has 6 heterocycles. The maximum atomic E-state index is 12.2. The minimum atomic E-state index is -0.258. The Morgan fingerprint density at radius 3 is 1.43 bits per heavy atom. The summed E-state index contributed by atoms with van der Waals surface area (Å²) in [7, 11) is 0. The van der Waals surface area contributed by atoms with Crippen molar-refractivity contribution in [1.82, 2.24) is 29.9 Å². The van der Waals surface area contributed by atoms with Crippen LogP contribution in [0.1, 0.15) is 24.0 Å². The van der Waals surface area contributed by atoms with Crippen LogP contribution in [0.4, 0.5) is 34.6 Å². The highest BCUT2D eigenvalue weighted by atomic mass is 16.2. The Morgan fingerprint density at radius 1 is 0.648 bits per heavy atom. The summed E-state index contributed by atoms with van der Waals surface area (Å²) in [6.45, 7) is 3.79. The molecule has 0 aliphatic heterocycles. The van der Waals surface area contributed by atoms with Crippen molar-refractivity contribution in [2.45, 2.75) is 26.7 Å². The van der Waals surface area contributed by atoms with Crippen molar-refractivity contribution in [2.24, 2.45) is 23.7 Å². The number of hydrogen-bond acceptors (Lipinski definition) is 14. The average Bonchev–Trinajstić information content (AvgIpc) is 4.09. The molecule has 2 amide bonds. The number of rotatable bonds is 6. The number of carbonyl (C=O) groups is 2. The number of carbonyl (C=O) groups excluding carboxylic acids is 2. The monoisotopic (exact) mass is 718 g/mol. The van der Waals surface area contributed by atoms with Crippen LogP contribution in [0, 0.1) is 60.2 Å². The number of aromatic nitrogens is 6. The first-order chi connectivity index (χ1) is 25.9. The predicted molar refractivity (Wildman–Crippen MR) is 204 cm³/mol. The van der Waals surface area contributed by atoms with Crippen molar-refractivity contribution in [3.05, 3.63) is 72.6 Å². The molecule has 4 atom stereocenters. The summed E-state index contributed by atoms with van der Waals surface area (Å²) in [6.07, 6.45) is 10.9. The van der Waals surface area contributed by atoms with E-state index in [1.165, 1.54) is 0 Å². The first kappa shape index (κ1) is 35.0. The number of nitrogens with zero attached hydrogens (tertiary/aromatic N) is 8. The second kappa shape index (κ2) is 13.9. The molecule has 0 spiro atoms. The summed E-state index contributed by atoms with van der Waals surface area (Å²) < 4.78 is 0. The zero-order valence-electron chi connectivity index (χ0n) is 29.2. The fourth-order valence-corrected chi connectivity index (χ4v) is 6.05. The van der Waals surface area contributed by atoms with Crippen LogP contribution in [0.5, 0.6) is 0 Å². The average molecular weight is 719 g/mol. The van der Waals surface area contributed by atoms with Gasteiger partial charge in [-0.25, -0.2) is 19.9 Å². The van der Waals surface area contributed by atoms with Crippen LogP contribution >= 0.6 is 0 Å². The Hall–Kier alpha value is -7.46. The molecule has 2 fully saturated rings. The SMILES string of the molecule is Cc1c(N)cncc1-c1cc2cc(NC(=O)[C@@H]3C[C@H]3C#N)ncc2c(N)n1.Cc1c(N)cncc1-c1cc2cc(NC(=O)[C@H]3C[C@@H]3C#N)ncc2c(N)n1. The van der Waals surface area contributed by atoms with Crippen molar-refractivity contribution in [1.29, 1.82) is 10.5 Å². The zero-order valence-corrected chi connectivity index (χ0v) is 29.2. The van der Waals surface area contributed by atoms with Crippen LogP contribution in [0.3, 0.4) is 0 Å². The number of nitrogen functional groups attached to an aromatic ring is 4. The van der Waals surface area contributed by atoms with Crippen LogP contribution in [0.2, 0.25) is 0 Å². The quantitative estimate of drug-likeness (QED) is 0.138. The third-order valence-electron chi connectivity index (χ3n) is 9.64. The smallest absolute Gasteiger partial charge is 0.230 e. The second-order valence-electron chi connectivity index (χ2n) is 13.3. The van der Waals surface area contributed by atoms with Gasteiger partial charge in [0.05, 0.1) is 71.0 Å². The Kier molecular flexibility index (Phi) is 9.02. The minimum absolute atomic E-state index is 0.188. The maximum absolute atomic E-state index is 12.2. The number of pyridine rings is 6. The third-order valence-corrected chi connectivity index (χ3v) is 9.64. The molecule has 268 valence electrons. The molecule has 0 radical (unpaired) electrons. The third kappa shape index (κ3) is 6.91. The summed E-state index contributed by atoms with van der Waals surface area (Å²) in [5.41, 5.74) is 29.9. The molecular formula is C38H34N14O2. The first-order valence-corrected chi connectivity index (χ1v) is 16.9. The topological polar surface area (TPSA) is 287 Å². The van der Waals surface area contributed by atoms with Gasteiger partial charge >= 0.3 is 0 Å². The molecule has 6 aromatic heterocycles. The van der Waals surface area contributed by atoms with Crippen LogP contribution in [-0.2, 0) is 9.59 Å². The number of nitriles is 2. The largest absolute Gasteiger partial charge is 0.397 e. The van der Waals surface area contributed by atoms with Crippen molar-refractivity contribution >= 4 is 68.0 Å². The normalized spacial score (nSPS) is 18.1. The lowest BCUT2D eigenvalue weighted by Crippen LogP contribution is -2.15. The van der Waals surface area contributed by atoms with Gasteiger partial charge in [-0.1, -0.05) is 0 Å². The Balaban J connectivity index is 0.000000167. The second-order valence-corrected chi connectivity index (χ2v) is 13.3. The molecule has 6 aromatic rings. The lowest BCUT2D eigenvalue weighted by Gasteiger charge is -2.11. The van der Waals surface area contributed by atoms with Gasteiger partial charge in [-0.3, -0.25) is 19.6 Å². The van der Waals surface area contributed by atoms with E-state index in [0.717, 1.165) is 33.0 Å². The van der Waals surface area contributed by atoms with Crippen molar-refractivity contribution < 1.29 is 9.59 Å². The van der Waals surface area contributed by atoms with E-state index in [1.54, 1.807) is 49.3 Å². The molecule has 54 heavy (non-hydrogen) atoms. The molecule has 2 aliphatic carbocycles. The number of fused-ring (bicyclic) bond motifs is 2. The van der Waals surface area contributed by atoms with Gasteiger partial charge in [-0.2, -0.15) is 10.5 Å². The Labute approximate surface area is 308 Å². The highest BCUT2D eigenvalue weighted by molar-refractivity contribution is 6.00. The Bertz CT molecular complexity index is 2420. The van der Waals surface area contributed by atoms with Crippen LogP contribution < -0.4 is 33.6 Å². The summed E-state index contributed by atoms with van der Waals surface area (Å²) in [6, 6.07) is 11.4. The van der Waals surface area contributed by atoms with E-state index in [1.807, 2.05) is 26.0 Å². The van der Waals surface area contributed by atoms with E-state index in [2.05, 4.69) is 52.7 Å². The summed E-state index contributed by atoms with van der Waals surface area (Å²) in [5.74, 6) is 0.205. The molecule has 2 aliphatic rings. The minimum Gasteiger partial charge on any atom is -0.397 e. The fourth-order valence-electron chi connectivity index (χ4n) is 6.05. The molecule has 2 saturated carbocycles. The van der Waals surface area contributed by atoms with Gasteiger partial charge in [-0.15, -0.1) is 0 Å². The van der Waals surface area contributed by atoms with Crippen LogP contribution in [-0.4, -0.2) is 41.7 Å². The van der Waals surface area contributed by atoms with Gasteiger partial charge in [0.1, 0.15) is 23.3 Å². The summed E-state index contributed by atoms with van der Waals surface area (Å²) in [5, 5.41) is 26.2. The fraction of sp³-hybridized carbons (Fsp3) is 0.211. The van der Waals surface area contributed by atoms with Crippen LogP contribution in [0.15, 0.2) is 61.4 Å². The number of anilines is 6. The maximum Gasteiger partial charge on any atom is 0.230 e. The van der Waals surface area contributed by atoms with E-state index < -0.39 is 0 Å². The van der Waals surface area contributed by atoms with Crippen molar-refractivity contribution in [3.8, 4) is 34.7 Å². The molecule has 8 rings (SSSR count). The van der Waals surface area contributed by atoms with Gasteiger partial charge < -0.3 is 33.6 Å². The standard InChI is InChI=1S/2C19H17N7O/c2*1-9-13(6-23-8-15(9)21)16-3-10-4-17(24-7-14(10)18(22)25-16)26-19(27)12-2-11(12)5-20/h2*3-4,6-8,11-12H,2,21H2,1H3,(H2,22,25)(H,24,26,27)/t2*11-,12+/m10/s1. The lowest BCUT2D eigenvalue weighted by molar-refractivity contribution is -0.118. The van der Waals surface area contributed by atoms with Gasteiger partial charge in [0, 0.05) is 46.7 Å². The molecule has 0 aromatic carbocycles. The number of amides is 2. The first-order valence-electron chi connectivity index (χ1n) is 16.9. The zero-order chi connectivity index (χ0) is 38.3. The molecule has 0 bridgehead atoms. The van der Waals surface area contributed by atoms with Crippen molar-refractivity contribution in [3.63, 3.8) is 0 Å².